The van der Waals surface area contributed by atoms with E-state index < -0.39 is 0 Å². The molecule has 2 fully saturated rings. The maximum absolute atomic E-state index is 11.8. The van der Waals surface area contributed by atoms with Crippen LogP contribution in [0.3, 0.4) is 0 Å². The normalized spacial score (nSPS) is 24.1. The largest absolute Gasteiger partial charge is 0.381 e. The van der Waals surface area contributed by atoms with E-state index in [0.717, 1.165) is 32.6 Å². The van der Waals surface area contributed by atoms with Gasteiger partial charge < -0.3 is 15.8 Å². The first kappa shape index (κ1) is 12.8. The standard InChI is InChI=1S/C13H24N2O2/c14-9-13(4-1-5-13)10-15-12(16)8-11-2-6-17-7-3-11/h11H,1-10,14H2,(H,15,16). The van der Waals surface area contributed by atoms with E-state index in [1.165, 1.54) is 19.3 Å². The third-order valence-electron chi connectivity index (χ3n) is 4.32. The number of carbonyl (C=O) groups is 1. The topological polar surface area (TPSA) is 64.3 Å². The molecule has 98 valence electrons. The smallest absolute Gasteiger partial charge is 0.220 e. The number of amides is 1. The number of nitrogens with one attached hydrogen (secondary N) is 1. The predicted octanol–water partition coefficient (Wildman–Crippen LogP) is 1.05. The van der Waals surface area contributed by atoms with E-state index in [-0.39, 0.29) is 11.3 Å². The first-order valence-electron chi connectivity index (χ1n) is 6.79. The molecule has 0 spiro atoms. The van der Waals surface area contributed by atoms with Crippen LogP contribution in [0.4, 0.5) is 0 Å². The van der Waals surface area contributed by atoms with Gasteiger partial charge in [0.25, 0.3) is 0 Å². The van der Waals surface area contributed by atoms with Crippen LogP contribution < -0.4 is 11.1 Å². The lowest BCUT2D eigenvalue weighted by molar-refractivity contribution is -0.123. The molecule has 2 aliphatic rings. The highest BCUT2D eigenvalue weighted by molar-refractivity contribution is 5.76. The fourth-order valence-corrected chi connectivity index (χ4v) is 2.70. The maximum Gasteiger partial charge on any atom is 0.220 e. The summed E-state index contributed by atoms with van der Waals surface area (Å²) in [4.78, 5) is 11.8. The van der Waals surface area contributed by atoms with Crippen molar-refractivity contribution in [2.24, 2.45) is 17.1 Å². The van der Waals surface area contributed by atoms with Crippen LogP contribution in [0.5, 0.6) is 0 Å². The van der Waals surface area contributed by atoms with Gasteiger partial charge in [-0.25, -0.2) is 0 Å². The number of rotatable bonds is 5. The monoisotopic (exact) mass is 240 g/mol. The van der Waals surface area contributed by atoms with Crippen molar-refractivity contribution in [1.82, 2.24) is 5.32 Å². The molecule has 2 rings (SSSR count). The summed E-state index contributed by atoms with van der Waals surface area (Å²) in [5, 5.41) is 3.06. The average Bonchev–Trinajstić information content (AvgIpc) is 2.29. The highest BCUT2D eigenvalue weighted by Gasteiger charge is 2.35. The minimum absolute atomic E-state index is 0.191. The van der Waals surface area contributed by atoms with E-state index in [2.05, 4.69) is 5.32 Å². The zero-order chi connectivity index (χ0) is 12.1. The second-order valence-electron chi connectivity index (χ2n) is 5.59. The molecular formula is C13H24N2O2. The van der Waals surface area contributed by atoms with Gasteiger partial charge in [-0.05, 0) is 43.6 Å². The summed E-state index contributed by atoms with van der Waals surface area (Å²) in [6.07, 6.45) is 6.30. The van der Waals surface area contributed by atoms with Crippen LogP contribution in [0.1, 0.15) is 38.5 Å². The van der Waals surface area contributed by atoms with E-state index in [1.54, 1.807) is 0 Å². The lowest BCUT2D eigenvalue weighted by atomic mass is 9.69. The molecule has 1 aliphatic heterocycles. The average molecular weight is 240 g/mol. The van der Waals surface area contributed by atoms with Crippen LogP contribution >= 0.6 is 0 Å². The molecule has 0 aromatic rings. The highest BCUT2D eigenvalue weighted by Crippen LogP contribution is 2.39. The van der Waals surface area contributed by atoms with Crippen LogP contribution in [-0.2, 0) is 9.53 Å². The zero-order valence-corrected chi connectivity index (χ0v) is 10.5. The fourth-order valence-electron chi connectivity index (χ4n) is 2.70. The number of ether oxygens (including phenoxy) is 1. The molecule has 0 radical (unpaired) electrons. The quantitative estimate of drug-likeness (QED) is 0.755. The molecule has 4 nitrogen and oxygen atoms in total. The minimum Gasteiger partial charge on any atom is -0.381 e. The molecular weight excluding hydrogens is 216 g/mol. The Morgan fingerprint density at radius 2 is 2.06 bits per heavy atom. The van der Waals surface area contributed by atoms with Crippen LogP contribution in [0.2, 0.25) is 0 Å². The van der Waals surface area contributed by atoms with Crippen molar-refractivity contribution >= 4 is 5.91 Å². The van der Waals surface area contributed by atoms with Crippen molar-refractivity contribution in [2.75, 3.05) is 26.3 Å². The van der Waals surface area contributed by atoms with Gasteiger partial charge in [0, 0.05) is 26.2 Å². The van der Waals surface area contributed by atoms with E-state index >= 15 is 0 Å². The molecule has 17 heavy (non-hydrogen) atoms. The van der Waals surface area contributed by atoms with Gasteiger partial charge in [-0.2, -0.15) is 0 Å². The molecule has 1 amide bonds. The molecule has 0 aromatic heterocycles. The zero-order valence-electron chi connectivity index (χ0n) is 10.5. The summed E-state index contributed by atoms with van der Waals surface area (Å²) < 4.78 is 5.29. The Morgan fingerprint density at radius 3 is 2.59 bits per heavy atom. The first-order valence-corrected chi connectivity index (χ1v) is 6.79. The van der Waals surface area contributed by atoms with Crippen LogP contribution in [0.15, 0.2) is 0 Å². The van der Waals surface area contributed by atoms with Crippen molar-refractivity contribution in [3.63, 3.8) is 0 Å². The van der Waals surface area contributed by atoms with Crippen molar-refractivity contribution in [1.29, 1.82) is 0 Å². The van der Waals surface area contributed by atoms with Crippen molar-refractivity contribution < 1.29 is 9.53 Å². The summed E-state index contributed by atoms with van der Waals surface area (Å²) >= 11 is 0. The maximum atomic E-state index is 11.8. The van der Waals surface area contributed by atoms with E-state index in [9.17, 15) is 4.79 Å². The number of carbonyl (C=O) groups excluding carboxylic acids is 1. The molecule has 0 aromatic carbocycles. The van der Waals surface area contributed by atoms with Gasteiger partial charge in [0.05, 0.1) is 0 Å². The third kappa shape index (κ3) is 3.42. The summed E-state index contributed by atoms with van der Waals surface area (Å²) in [6, 6.07) is 0. The van der Waals surface area contributed by atoms with Gasteiger partial charge in [0.2, 0.25) is 5.91 Å². The lowest BCUT2D eigenvalue weighted by Crippen LogP contribution is -2.47. The Hall–Kier alpha value is -0.610. The van der Waals surface area contributed by atoms with Crippen LogP contribution in [0, 0.1) is 11.3 Å². The van der Waals surface area contributed by atoms with E-state index in [4.69, 9.17) is 10.5 Å². The second-order valence-corrected chi connectivity index (χ2v) is 5.59. The number of hydrogen-bond acceptors (Lipinski definition) is 3. The van der Waals surface area contributed by atoms with Crippen molar-refractivity contribution in [3.8, 4) is 0 Å². The Labute approximate surface area is 103 Å². The third-order valence-corrected chi connectivity index (χ3v) is 4.32. The second kappa shape index (κ2) is 5.83. The van der Waals surface area contributed by atoms with Crippen LogP contribution in [-0.4, -0.2) is 32.2 Å². The molecule has 1 heterocycles. The molecule has 3 N–H and O–H groups in total. The van der Waals surface area contributed by atoms with Crippen LogP contribution in [0.25, 0.3) is 0 Å². The Bertz CT molecular complexity index is 253. The van der Waals surface area contributed by atoms with E-state index in [1.807, 2.05) is 0 Å². The lowest BCUT2D eigenvalue weighted by Gasteiger charge is -2.41. The number of nitrogens with two attached hydrogens (primary N) is 1. The summed E-state index contributed by atoms with van der Waals surface area (Å²) in [7, 11) is 0. The molecule has 1 saturated carbocycles. The first-order chi connectivity index (χ1) is 8.24. The van der Waals surface area contributed by atoms with E-state index in [0.29, 0.717) is 18.9 Å². The van der Waals surface area contributed by atoms with Crippen molar-refractivity contribution in [2.45, 2.75) is 38.5 Å². The molecule has 0 bridgehead atoms. The molecule has 0 atom stereocenters. The predicted molar refractivity (Wildman–Crippen MR) is 66.5 cm³/mol. The summed E-state index contributed by atoms with van der Waals surface area (Å²) in [5.74, 6) is 0.704. The fraction of sp³-hybridized carbons (Fsp3) is 0.923. The Balaban J connectivity index is 1.66. The summed E-state index contributed by atoms with van der Waals surface area (Å²) in [5.41, 5.74) is 5.99. The van der Waals surface area contributed by atoms with Gasteiger partial charge in [0.15, 0.2) is 0 Å². The van der Waals surface area contributed by atoms with Gasteiger partial charge >= 0.3 is 0 Å². The molecule has 1 saturated heterocycles. The van der Waals surface area contributed by atoms with Gasteiger partial charge in [0.1, 0.15) is 0 Å². The molecule has 1 aliphatic carbocycles. The Kier molecular flexibility index (Phi) is 4.40. The van der Waals surface area contributed by atoms with Crippen molar-refractivity contribution in [3.05, 3.63) is 0 Å². The highest BCUT2D eigenvalue weighted by atomic mass is 16.5. The molecule has 4 heteroatoms. The van der Waals surface area contributed by atoms with Gasteiger partial charge in [-0.1, -0.05) is 6.42 Å². The number of hydrogen-bond donors (Lipinski definition) is 2. The van der Waals surface area contributed by atoms with Gasteiger partial charge in [-0.15, -0.1) is 0 Å². The Morgan fingerprint density at radius 1 is 1.35 bits per heavy atom. The summed E-state index contributed by atoms with van der Waals surface area (Å²) in [6.45, 7) is 3.09. The minimum atomic E-state index is 0.191. The SMILES string of the molecule is NCC1(CNC(=O)CC2CCOCC2)CCC1. The van der Waals surface area contributed by atoms with Gasteiger partial charge in [-0.3, -0.25) is 4.79 Å². The molecule has 0 unspecified atom stereocenters.